The third-order valence-corrected chi connectivity index (χ3v) is 5.82. The smallest absolute Gasteiger partial charge is 0.357 e. The number of rotatable bonds is 4. The molecule has 2 heterocycles. The van der Waals surface area contributed by atoms with Crippen LogP contribution in [0.3, 0.4) is 0 Å². The van der Waals surface area contributed by atoms with E-state index in [1.807, 2.05) is 11.9 Å². The molecule has 0 radical (unpaired) electrons. The lowest BCUT2D eigenvalue weighted by molar-refractivity contribution is -0.137. The highest BCUT2D eigenvalue weighted by Crippen LogP contribution is 2.34. The second-order valence-corrected chi connectivity index (χ2v) is 9.55. The fourth-order valence-corrected chi connectivity index (χ4v) is 4.00. The van der Waals surface area contributed by atoms with Gasteiger partial charge >= 0.3 is 6.18 Å². The average molecular weight is 484 g/mol. The molecule has 1 aromatic heterocycles. The molecule has 0 spiro atoms. The van der Waals surface area contributed by atoms with Crippen LogP contribution < -0.4 is 10.6 Å². The minimum Gasteiger partial charge on any atom is -0.357 e. The fraction of sp³-hybridized carbons (Fsp3) is 0.522. The molecule has 3 rings (SSSR count). The number of imidazole rings is 1. The normalized spacial score (nSPS) is 15.9. The van der Waals surface area contributed by atoms with Crippen molar-refractivity contribution < 1.29 is 27.2 Å². The fourth-order valence-electron chi connectivity index (χ4n) is 4.00. The minimum absolute atomic E-state index is 0.0150. The molecular formula is C23H29F4N5O2. The topological polar surface area (TPSA) is 79.3 Å². The van der Waals surface area contributed by atoms with Gasteiger partial charge in [0.05, 0.1) is 16.8 Å². The average Bonchev–Trinajstić information content (AvgIpc) is 2.95. The summed E-state index contributed by atoms with van der Waals surface area (Å²) in [5.41, 5.74) is -1.31. The van der Waals surface area contributed by atoms with Gasteiger partial charge in [-0.3, -0.25) is 9.59 Å². The first-order valence-electron chi connectivity index (χ1n) is 10.9. The number of aromatic nitrogens is 2. The standard InChI is InChI=1S/C23H29F4N5O2/c1-22(2,3)18(21(34)28-4)30-20(33)17-16-12-31(5)9-6-10-32(16)19(29-17)14-8-7-13(11-15(14)24)23(25,26)27/h7-8,11,18H,6,9-10,12H2,1-5H3,(H,28,34)(H,30,33). The molecule has 11 heteroatoms. The first kappa shape index (κ1) is 25.7. The van der Waals surface area contributed by atoms with E-state index in [4.69, 9.17) is 0 Å². The number of likely N-dealkylation sites (N-methyl/N-ethyl adjacent to an activating group) is 1. The van der Waals surface area contributed by atoms with Crippen molar-refractivity contribution in [1.82, 2.24) is 25.1 Å². The maximum absolute atomic E-state index is 14.8. The Morgan fingerprint density at radius 3 is 2.38 bits per heavy atom. The van der Waals surface area contributed by atoms with Crippen LogP contribution >= 0.6 is 0 Å². The summed E-state index contributed by atoms with van der Waals surface area (Å²) in [4.78, 5) is 32.1. The SMILES string of the molecule is CNC(=O)C(NC(=O)c1nc(-c2ccc(C(F)(F)F)cc2F)n2c1CN(C)CCC2)C(C)(C)C. The van der Waals surface area contributed by atoms with Crippen molar-refractivity contribution in [2.75, 3.05) is 20.6 Å². The summed E-state index contributed by atoms with van der Waals surface area (Å²) in [6.45, 7) is 6.86. The molecule has 2 aromatic rings. The summed E-state index contributed by atoms with van der Waals surface area (Å²) in [5.74, 6) is -1.99. The first-order chi connectivity index (χ1) is 15.7. The van der Waals surface area contributed by atoms with Crippen molar-refractivity contribution in [3.05, 3.63) is 41.0 Å². The first-order valence-corrected chi connectivity index (χ1v) is 10.9. The lowest BCUT2D eigenvalue weighted by atomic mass is 9.86. The number of halogens is 4. The van der Waals surface area contributed by atoms with E-state index in [0.29, 0.717) is 37.8 Å². The highest BCUT2D eigenvalue weighted by Gasteiger charge is 2.35. The molecule has 1 aliphatic rings. The van der Waals surface area contributed by atoms with Crippen molar-refractivity contribution >= 4 is 11.8 Å². The van der Waals surface area contributed by atoms with Crippen molar-refractivity contribution in [3.8, 4) is 11.4 Å². The van der Waals surface area contributed by atoms with Crippen molar-refractivity contribution in [1.29, 1.82) is 0 Å². The Bertz CT molecular complexity index is 1090. The molecule has 1 aliphatic heterocycles. The molecule has 0 fully saturated rings. The number of alkyl halides is 3. The van der Waals surface area contributed by atoms with Crippen LogP contribution in [0.5, 0.6) is 0 Å². The maximum Gasteiger partial charge on any atom is 0.416 e. The van der Waals surface area contributed by atoms with Gasteiger partial charge in [0.15, 0.2) is 5.69 Å². The summed E-state index contributed by atoms with van der Waals surface area (Å²) in [6.07, 6.45) is -4.00. The molecule has 1 atom stereocenters. The summed E-state index contributed by atoms with van der Waals surface area (Å²) >= 11 is 0. The zero-order chi connectivity index (χ0) is 25.4. The molecular weight excluding hydrogens is 454 g/mol. The maximum atomic E-state index is 14.8. The van der Waals surface area contributed by atoms with E-state index in [0.717, 1.165) is 12.1 Å². The van der Waals surface area contributed by atoms with Gasteiger partial charge in [-0.1, -0.05) is 20.8 Å². The predicted molar refractivity (Wildman–Crippen MR) is 118 cm³/mol. The third kappa shape index (κ3) is 5.24. The van der Waals surface area contributed by atoms with Gasteiger partial charge in [-0.15, -0.1) is 0 Å². The quantitative estimate of drug-likeness (QED) is 0.654. The third-order valence-electron chi connectivity index (χ3n) is 5.82. The molecule has 1 unspecified atom stereocenters. The van der Waals surface area contributed by atoms with Gasteiger partial charge in [0.1, 0.15) is 17.7 Å². The highest BCUT2D eigenvalue weighted by atomic mass is 19.4. The Kier molecular flexibility index (Phi) is 7.07. The predicted octanol–water partition coefficient (Wildman–Crippen LogP) is 3.43. The Morgan fingerprint density at radius 2 is 1.82 bits per heavy atom. The van der Waals surface area contributed by atoms with Gasteiger partial charge in [-0.2, -0.15) is 13.2 Å². The van der Waals surface area contributed by atoms with Crippen molar-refractivity contribution in [2.24, 2.45) is 5.41 Å². The number of carbonyl (C=O) groups excluding carboxylic acids is 2. The highest BCUT2D eigenvalue weighted by molar-refractivity contribution is 5.97. The Morgan fingerprint density at radius 1 is 1.15 bits per heavy atom. The second-order valence-electron chi connectivity index (χ2n) is 9.55. The van der Waals surface area contributed by atoms with E-state index in [-0.39, 0.29) is 23.0 Å². The summed E-state index contributed by atoms with van der Waals surface area (Å²) < 4.78 is 55.5. The number of hydrogen-bond acceptors (Lipinski definition) is 4. The summed E-state index contributed by atoms with van der Waals surface area (Å²) in [7, 11) is 3.33. The summed E-state index contributed by atoms with van der Waals surface area (Å²) in [6, 6.07) is 1.40. The van der Waals surface area contributed by atoms with Gasteiger partial charge in [0, 0.05) is 20.1 Å². The zero-order valence-electron chi connectivity index (χ0n) is 19.8. The van der Waals surface area contributed by atoms with Gasteiger partial charge < -0.3 is 20.1 Å². The molecule has 0 saturated heterocycles. The lowest BCUT2D eigenvalue weighted by Gasteiger charge is -2.29. The molecule has 186 valence electrons. The van der Waals surface area contributed by atoms with E-state index in [1.54, 1.807) is 25.3 Å². The Labute approximate surface area is 195 Å². The van der Waals surface area contributed by atoms with Gasteiger partial charge in [-0.05, 0) is 43.6 Å². The molecule has 1 aromatic carbocycles. The van der Waals surface area contributed by atoms with E-state index < -0.39 is 34.9 Å². The van der Waals surface area contributed by atoms with Crippen LogP contribution in [-0.2, 0) is 24.1 Å². The molecule has 34 heavy (non-hydrogen) atoms. The molecule has 0 saturated carbocycles. The zero-order valence-corrected chi connectivity index (χ0v) is 19.8. The number of carbonyl (C=O) groups is 2. The van der Waals surface area contributed by atoms with Gasteiger partial charge in [-0.25, -0.2) is 9.37 Å². The van der Waals surface area contributed by atoms with Crippen molar-refractivity contribution in [2.45, 2.75) is 52.5 Å². The number of nitrogens with one attached hydrogen (secondary N) is 2. The van der Waals surface area contributed by atoms with Crippen LogP contribution in [-0.4, -0.2) is 52.9 Å². The molecule has 0 bridgehead atoms. The summed E-state index contributed by atoms with van der Waals surface area (Å²) in [5, 5.41) is 5.26. The largest absolute Gasteiger partial charge is 0.416 e. The molecule has 0 aliphatic carbocycles. The minimum atomic E-state index is -4.68. The molecule has 7 nitrogen and oxygen atoms in total. The van der Waals surface area contributed by atoms with Crippen LogP contribution in [0.1, 0.15) is 48.9 Å². The molecule has 2 amide bonds. The van der Waals surface area contributed by atoms with Crippen LogP contribution in [0.2, 0.25) is 0 Å². The van der Waals surface area contributed by atoms with E-state index in [9.17, 15) is 27.2 Å². The van der Waals surface area contributed by atoms with E-state index in [2.05, 4.69) is 15.6 Å². The monoisotopic (exact) mass is 483 g/mol. The number of benzene rings is 1. The van der Waals surface area contributed by atoms with Gasteiger partial charge in [0.25, 0.3) is 5.91 Å². The Hall–Kier alpha value is -2.95. The lowest BCUT2D eigenvalue weighted by Crippen LogP contribution is -2.53. The van der Waals surface area contributed by atoms with Crippen LogP contribution in [0.4, 0.5) is 17.6 Å². The van der Waals surface area contributed by atoms with Crippen molar-refractivity contribution in [3.63, 3.8) is 0 Å². The number of hydrogen-bond donors (Lipinski definition) is 2. The number of fused-ring (bicyclic) bond motifs is 1. The van der Waals surface area contributed by atoms with Gasteiger partial charge in [0.2, 0.25) is 5.91 Å². The van der Waals surface area contributed by atoms with Crippen LogP contribution in [0, 0.1) is 11.2 Å². The van der Waals surface area contributed by atoms with Crippen LogP contribution in [0.25, 0.3) is 11.4 Å². The second kappa shape index (κ2) is 9.36. The van der Waals surface area contributed by atoms with Crippen LogP contribution in [0.15, 0.2) is 18.2 Å². The number of nitrogens with zero attached hydrogens (tertiary/aromatic N) is 3. The molecule has 2 N–H and O–H groups in total. The number of amides is 2. The van der Waals surface area contributed by atoms with E-state index in [1.165, 1.54) is 7.05 Å². The van der Waals surface area contributed by atoms with E-state index >= 15 is 0 Å². The Balaban J connectivity index is 2.10.